The first-order valence-electron chi connectivity index (χ1n) is 11.9. The van der Waals surface area contributed by atoms with Crippen LogP contribution < -0.4 is 5.32 Å². The van der Waals surface area contributed by atoms with E-state index in [2.05, 4.69) is 21.4 Å². The van der Waals surface area contributed by atoms with E-state index >= 15 is 0 Å². The zero-order valence-corrected chi connectivity index (χ0v) is 22.5. The highest BCUT2D eigenvalue weighted by atomic mass is 35.5. The first-order chi connectivity index (χ1) is 17.5. The zero-order chi connectivity index (χ0) is 26.8. The van der Waals surface area contributed by atoms with Gasteiger partial charge in [0, 0.05) is 25.8 Å². The zero-order valence-electron chi connectivity index (χ0n) is 20.9. The van der Waals surface area contributed by atoms with Crippen LogP contribution in [0.5, 0.6) is 0 Å². The van der Waals surface area contributed by atoms with Gasteiger partial charge in [-0.1, -0.05) is 30.3 Å². The van der Waals surface area contributed by atoms with Crippen LogP contribution in [0.4, 0.5) is 10.6 Å². The van der Waals surface area contributed by atoms with E-state index < -0.39 is 15.6 Å². The number of carbonyl (C=O) groups excluding carboxylic acids is 1. The number of hydrogen-bond donors (Lipinski definition) is 1. The van der Waals surface area contributed by atoms with E-state index in [9.17, 15) is 18.5 Å². The molecule has 0 saturated carbocycles. The maximum atomic E-state index is 13.2. The van der Waals surface area contributed by atoms with Gasteiger partial charge in [0.1, 0.15) is 17.5 Å². The first-order valence-corrected chi connectivity index (χ1v) is 13.9. The molecule has 37 heavy (non-hydrogen) atoms. The van der Waals surface area contributed by atoms with E-state index in [0.29, 0.717) is 36.4 Å². The molecule has 1 saturated heterocycles. The van der Waals surface area contributed by atoms with Gasteiger partial charge < -0.3 is 15.0 Å². The van der Waals surface area contributed by atoms with Crippen molar-refractivity contribution in [1.82, 2.24) is 18.8 Å². The van der Waals surface area contributed by atoms with E-state index in [-0.39, 0.29) is 34.3 Å². The van der Waals surface area contributed by atoms with Crippen LogP contribution in [-0.4, -0.2) is 58.6 Å². The summed E-state index contributed by atoms with van der Waals surface area (Å²) in [5, 5.41) is 13.2. The Bertz CT molecular complexity index is 1440. The molecule has 1 aromatic carbocycles. The minimum Gasteiger partial charge on any atom is -0.444 e. The minimum atomic E-state index is -3.89. The summed E-state index contributed by atoms with van der Waals surface area (Å²) >= 11 is 6.18. The lowest BCUT2D eigenvalue weighted by molar-refractivity contribution is 0.0188. The quantitative estimate of drug-likeness (QED) is 0.452. The minimum absolute atomic E-state index is 0.0507. The number of anilines is 1. The highest BCUT2D eigenvalue weighted by Gasteiger charge is 2.28. The Morgan fingerprint density at radius 2 is 1.89 bits per heavy atom. The Balaban J connectivity index is 1.52. The summed E-state index contributed by atoms with van der Waals surface area (Å²) in [6.07, 6.45) is 2.45. The smallest absolute Gasteiger partial charge is 0.410 e. The van der Waals surface area contributed by atoms with E-state index in [1.165, 1.54) is 6.20 Å². The molecule has 0 bridgehead atoms. The molecule has 12 heteroatoms. The van der Waals surface area contributed by atoms with Crippen molar-refractivity contribution in [3.05, 3.63) is 52.9 Å². The van der Waals surface area contributed by atoms with E-state index in [1.807, 2.05) is 20.8 Å². The third kappa shape index (κ3) is 6.32. The highest BCUT2D eigenvalue weighted by Crippen LogP contribution is 2.30. The second kappa shape index (κ2) is 10.6. The van der Waals surface area contributed by atoms with Crippen molar-refractivity contribution in [2.24, 2.45) is 5.92 Å². The van der Waals surface area contributed by atoms with Crippen LogP contribution in [0.2, 0.25) is 5.28 Å². The van der Waals surface area contributed by atoms with Crippen molar-refractivity contribution in [2.75, 3.05) is 25.0 Å². The third-order valence-electron chi connectivity index (χ3n) is 6.02. The summed E-state index contributed by atoms with van der Waals surface area (Å²) in [7, 11) is -3.89. The van der Waals surface area contributed by atoms with Crippen molar-refractivity contribution in [2.45, 2.75) is 45.0 Å². The number of hydrogen-bond acceptors (Lipinski definition) is 8. The van der Waals surface area contributed by atoms with Crippen LogP contribution in [-0.2, 0) is 20.5 Å². The maximum absolute atomic E-state index is 13.2. The number of amides is 1. The second-order valence-corrected chi connectivity index (χ2v) is 12.2. The highest BCUT2D eigenvalue weighted by molar-refractivity contribution is 7.89. The Morgan fingerprint density at radius 1 is 1.22 bits per heavy atom. The molecule has 3 aromatic rings. The monoisotopic (exact) mass is 544 g/mol. The Hall–Kier alpha value is -3.36. The molecule has 0 atom stereocenters. The molecule has 0 aliphatic carbocycles. The van der Waals surface area contributed by atoms with E-state index in [1.54, 1.807) is 35.2 Å². The summed E-state index contributed by atoms with van der Waals surface area (Å²) in [6.45, 7) is 7.16. The van der Waals surface area contributed by atoms with Gasteiger partial charge >= 0.3 is 6.09 Å². The fourth-order valence-electron chi connectivity index (χ4n) is 4.24. The number of ether oxygens (including phenoxy) is 1. The van der Waals surface area contributed by atoms with Gasteiger partial charge in [0.05, 0.1) is 16.7 Å². The van der Waals surface area contributed by atoms with Gasteiger partial charge in [-0.3, -0.25) is 0 Å². The third-order valence-corrected chi connectivity index (χ3v) is 7.77. The van der Waals surface area contributed by atoms with Crippen LogP contribution in [0.15, 0.2) is 36.5 Å². The molecule has 1 N–H and O–H groups in total. The molecule has 0 radical (unpaired) electrons. The number of likely N-dealkylation sites (tertiary alicyclic amines) is 1. The van der Waals surface area contributed by atoms with Gasteiger partial charge in [0.25, 0.3) is 0 Å². The number of piperidine rings is 1. The normalized spacial score (nSPS) is 14.9. The van der Waals surface area contributed by atoms with Crippen molar-refractivity contribution in [3.63, 3.8) is 0 Å². The number of carbonyl (C=O) groups is 1. The van der Waals surface area contributed by atoms with Crippen LogP contribution >= 0.6 is 11.6 Å². The predicted molar refractivity (Wildman–Crippen MR) is 141 cm³/mol. The predicted octanol–water partition coefficient (Wildman–Crippen LogP) is 4.39. The average molecular weight is 545 g/mol. The lowest BCUT2D eigenvalue weighted by Crippen LogP contribution is -2.42. The standard InChI is InChI=1S/C25H29ClN6O4S/c1-25(2,3)36-24(33)31-11-9-17(10-12-31)14-28-21-20-19(13-27)15-32(22(20)30-23(26)29-21)37(34,35)16-18-7-5-4-6-8-18/h4-8,15,17H,9-12,14,16H2,1-3H3,(H,28,29,30). The molecule has 196 valence electrons. The van der Waals surface area contributed by atoms with E-state index in [4.69, 9.17) is 16.3 Å². The number of aromatic nitrogens is 3. The van der Waals surface area contributed by atoms with Crippen molar-refractivity contribution < 1.29 is 17.9 Å². The summed E-state index contributed by atoms with van der Waals surface area (Å²) in [5.74, 6) is 0.273. The van der Waals surface area contributed by atoms with Gasteiger partial charge in [0.15, 0.2) is 5.65 Å². The topological polar surface area (TPSA) is 130 Å². The maximum Gasteiger partial charge on any atom is 0.410 e. The van der Waals surface area contributed by atoms with Crippen LogP contribution in [0, 0.1) is 17.2 Å². The lowest BCUT2D eigenvalue weighted by atomic mass is 9.97. The molecule has 10 nitrogen and oxygen atoms in total. The fraction of sp³-hybridized carbons (Fsp3) is 0.440. The molecule has 0 spiro atoms. The Kier molecular flexibility index (Phi) is 7.62. The molecular formula is C25H29ClN6O4S. The van der Waals surface area contributed by atoms with Gasteiger partial charge in [-0.25, -0.2) is 22.2 Å². The SMILES string of the molecule is CC(C)(C)OC(=O)N1CCC(CNc2nc(Cl)nc3c2c(C#N)cn3S(=O)(=O)Cc2ccccc2)CC1. The molecule has 3 heterocycles. The van der Waals surface area contributed by atoms with Crippen molar-refractivity contribution in [1.29, 1.82) is 5.26 Å². The molecule has 1 aliphatic rings. The second-order valence-electron chi connectivity index (χ2n) is 10.0. The van der Waals surface area contributed by atoms with Crippen LogP contribution in [0.1, 0.15) is 44.7 Å². The molecule has 1 aliphatic heterocycles. The number of fused-ring (bicyclic) bond motifs is 1. The number of nitrogens with zero attached hydrogens (tertiary/aromatic N) is 5. The number of nitrogens with one attached hydrogen (secondary N) is 1. The van der Waals surface area contributed by atoms with Crippen LogP contribution in [0.3, 0.4) is 0 Å². The van der Waals surface area contributed by atoms with Gasteiger partial charge in [-0.15, -0.1) is 0 Å². The number of nitriles is 1. The number of halogens is 1. The first kappa shape index (κ1) is 26.7. The summed E-state index contributed by atoms with van der Waals surface area (Å²) in [5.41, 5.74) is 0.246. The molecule has 2 aromatic heterocycles. The molecular weight excluding hydrogens is 516 g/mol. The average Bonchev–Trinajstić information content (AvgIpc) is 3.21. The van der Waals surface area contributed by atoms with Gasteiger partial charge in [0.2, 0.25) is 15.3 Å². The molecule has 4 rings (SSSR count). The fourth-order valence-corrected chi connectivity index (χ4v) is 5.82. The van der Waals surface area contributed by atoms with Crippen molar-refractivity contribution in [3.8, 4) is 6.07 Å². The molecule has 1 fully saturated rings. The number of rotatable bonds is 6. The van der Waals surface area contributed by atoms with Crippen molar-refractivity contribution >= 4 is 44.6 Å². The van der Waals surface area contributed by atoms with Gasteiger partial charge in [-0.2, -0.15) is 10.2 Å². The Morgan fingerprint density at radius 3 is 2.51 bits per heavy atom. The Labute approximate surface area is 221 Å². The largest absolute Gasteiger partial charge is 0.444 e. The molecule has 0 unspecified atom stereocenters. The summed E-state index contributed by atoms with van der Waals surface area (Å²) in [6, 6.07) is 10.8. The van der Waals surface area contributed by atoms with Gasteiger partial charge in [-0.05, 0) is 56.7 Å². The lowest BCUT2D eigenvalue weighted by Gasteiger charge is -2.33. The summed E-state index contributed by atoms with van der Waals surface area (Å²) < 4.78 is 32.9. The molecule has 1 amide bonds. The van der Waals surface area contributed by atoms with E-state index in [0.717, 1.165) is 16.8 Å². The summed E-state index contributed by atoms with van der Waals surface area (Å²) in [4.78, 5) is 22.4. The number of benzene rings is 1. The van der Waals surface area contributed by atoms with Crippen LogP contribution in [0.25, 0.3) is 11.0 Å².